The summed E-state index contributed by atoms with van der Waals surface area (Å²) in [7, 11) is -4.31. The Morgan fingerprint density at radius 1 is 1.19 bits per heavy atom. The molecule has 0 amide bonds. The Balaban J connectivity index is 2.47. The normalized spacial score (nSPS) is 11.4. The Bertz CT molecular complexity index is 847. The third kappa shape index (κ3) is 3.42. The second-order valence-corrected chi connectivity index (χ2v) is 6.87. The summed E-state index contributed by atoms with van der Waals surface area (Å²) in [5.74, 6) is -2.19. The third-order valence-corrected chi connectivity index (χ3v) is 4.45. The van der Waals surface area contributed by atoms with Gasteiger partial charge in [-0.1, -0.05) is 27.5 Å². The number of sulfonamides is 1. The Kier molecular flexibility index (Phi) is 4.35. The van der Waals surface area contributed by atoms with Crippen LogP contribution in [0, 0.1) is 11.6 Å². The number of pyridine rings is 1. The average molecular weight is 400 g/mol. The zero-order chi connectivity index (χ0) is 15.8. The second-order valence-electron chi connectivity index (χ2n) is 3.86. The van der Waals surface area contributed by atoms with Crippen LogP contribution in [0.5, 0.6) is 0 Å². The number of nitrogens with one attached hydrogen (secondary N) is 2. The highest BCUT2D eigenvalue weighted by Crippen LogP contribution is 2.26. The monoisotopic (exact) mass is 398 g/mol. The number of hydrogen-bond donors (Lipinski definition) is 2. The van der Waals surface area contributed by atoms with Crippen molar-refractivity contribution in [3.05, 3.63) is 55.9 Å². The molecule has 0 aliphatic rings. The molecule has 0 unspecified atom stereocenters. The number of anilines is 1. The van der Waals surface area contributed by atoms with Crippen molar-refractivity contribution in [2.45, 2.75) is 4.90 Å². The molecule has 0 bridgehead atoms. The highest BCUT2D eigenvalue weighted by Gasteiger charge is 2.20. The summed E-state index contributed by atoms with van der Waals surface area (Å²) < 4.78 is 53.2. The Labute approximate surface area is 131 Å². The van der Waals surface area contributed by atoms with Gasteiger partial charge in [0.25, 0.3) is 15.6 Å². The van der Waals surface area contributed by atoms with Crippen LogP contribution >= 0.6 is 27.5 Å². The number of halogens is 4. The van der Waals surface area contributed by atoms with Crippen molar-refractivity contribution < 1.29 is 17.2 Å². The Morgan fingerprint density at radius 2 is 1.76 bits per heavy atom. The second kappa shape index (κ2) is 5.74. The predicted molar refractivity (Wildman–Crippen MR) is 76.9 cm³/mol. The van der Waals surface area contributed by atoms with E-state index in [4.69, 9.17) is 11.6 Å². The predicted octanol–water partition coefficient (Wildman–Crippen LogP) is 2.87. The molecule has 2 aromatic rings. The van der Waals surface area contributed by atoms with Gasteiger partial charge in [-0.05, 0) is 18.2 Å². The number of aromatic amines is 1. The van der Waals surface area contributed by atoms with Crippen molar-refractivity contribution in [1.29, 1.82) is 0 Å². The maximum Gasteiger partial charge on any atom is 0.266 e. The molecule has 0 radical (unpaired) electrons. The maximum absolute atomic E-state index is 13.6. The zero-order valence-corrected chi connectivity index (χ0v) is 13.1. The number of hydrogen-bond acceptors (Lipinski definition) is 3. The van der Waals surface area contributed by atoms with E-state index in [0.717, 1.165) is 24.4 Å². The summed E-state index contributed by atoms with van der Waals surface area (Å²) in [4.78, 5) is 12.7. The van der Waals surface area contributed by atoms with Crippen LogP contribution in [0.2, 0.25) is 5.02 Å². The first-order chi connectivity index (χ1) is 9.70. The molecule has 1 heterocycles. The highest BCUT2D eigenvalue weighted by atomic mass is 79.9. The number of rotatable bonds is 3. The van der Waals surface area contributed by atoms with E-state index in [1.807, 2.05) is 0 Å². The minimum Gasteiger partial charge on any atom is -0.326 e. The number of H-pyrrole nitrogens is 1. The molecule has 0 aliphatic carbocycles. The lowest BCUT2D eigenvalue weighted by Gasteiger charge is -2.10. The molecular formula is C11H6BrClF2N2O3S. The van der Waals surface area contributed by atoms with E-state index < -0.39 is 37.8 Å². The number of aromatic nitrogens is 1. The smallest absolute Gasteiger partial charge is 0.266 e. The molecule has 21 heavy (non-hydrogen) atoms. The van der Waals surface area contributed by atoms with Crippen molar-refractivity contribution in [2.75, 3.05) is 4.72 Å². The van der Waals surface area contributed by atoms with E-state index in [2.05, 4.69) is 20.9 Å². The van der Waals surface area contributed by atoms with Crippen molar-refractivity contribution >= 4 is 43.2 Å². The molecular weight excluding hydrogens is 394 g/mol. The van der Waals surface area contributed by atoms with Gasteiger partial charge in [0.05, 0.1) is 0 Å². The fourth-order valence-electron chi connectivity index (χ4n) is 1.43. The van der Waals surface area contributed by atoms with Gasteiger partial charge in [-0.25, -0.2) is 17.2 Å². The SMILES string of the molecule is O=c1[nH]cc(S(=O)(=O)Nc2c(F)cc(Br)cc2F)cc1Cl. The molecule has 112 valence electrons. The minimum atomic E-state index is -4.31. The summed E-state index contributed by atoms with van der Waals surface area (Å²) in [6.07, 6.45) is 0.866. The van der Waals surface area contributed by atoms with Crippen molar-refractivity contribution in [2.24, 2.45) is 0 Å². The summed E-state index contributed by atoms with van der Waals surface area (Å²) >= 11 is 8.39. The van der Waals surface area contributed by atoms with Crippen LogP contribution in [0.25, 0.3) is 0 Å². The number of benzene rings is 1. The lowest BCUT2D eigenvalue weighted by molar-refractivity contribution is 0.581. The van der Waals surface area contributed by atoms with Gasteiger partial charge in [-0.2, -0.15) is 0 Å². The van der Waals surface area contributed by atoms with Crippen LogP contribution in [0.15, 0.2) is 38.6 Å². The van der Waals surface area contributed by atoms with E-state index >= 15 is 0 Å². The standard InChI is InChI=1S/C11H6BrClF2N2O3S/c12-5-1-8(14)10(9(15)2-5)17-21(19,20)6-3-7(13)11(18)16-4-6/h1-4,17H,(H,16,18). The van der Waals surface area contributed by atoms with Crippen molar-refractivity contribution in [3.63, 3.8) is 0 Å². The quantitative estimate of drug-likeness (QED) is 0.833. The minimum absolute atomic E-state index is 0.118. The molecule has 0 spiro atoms. The molecule has 0 atom stereocenters. The molecule has 5 nitrogen and oxygen atoms in total. The molecule has 0 saturated heterocycles. The average Bonchev–Trinajstić information content (AvgIpc) is 2.37. The van der Waals surface area contributed by atoms with E-state index in [-0.39, 0.29) is 9.50 Å². The fourth-order valence-corrected chi connectivity index (χ4v) is 3.13. The van der Waals surface area contributed by atoms with Gasteiger partial charge < -0.3 is 4.98 Å². The third-order valence-electron chi connectivity index (χ3n) is 2.39. The summed E-state index contributed by atoms with van der Waals surface area (Å²) in [5, 5.41) is -0.366. The van der Waals surface area contributed by atoms with Gasteiger partial charge in [0.15, 0.2) is 11.6 Å². The van der Waals surface area contributed by atoms with Crippen LogP contribution in [0.4, 0.5) is 14.5 Å². The molecule has 0 fully saturated rings. The molecule has 1 aromatic carbocycles. The van der Waals surface area contributed by atoms with E-state index in [9.17, 15) is 22.0 Å². The lowest BCUT2D eigenvalue weighted by atomic mass is 10.3. The van der Waals surface area contributed by atoms with E-state index in [1.165, 1.54) is 0 Å². The van der Waals surface area contributed by atoms with Gasteiger partial charge in [0.2, 0.25) is 0 Å². The molecule has 0 saturated carbocycles. The molecule has 2 N–H and O–H groups in total. The zero-order valence-electron chi connectivity index (χ0n) is 9.95. The van der Waals surface area contributed by atoms with Gasteiger partial charge in [0.1, 0.15) is 15.6 Å². The van der Waals surface area contributed by atoms with Crippen molar-refractivity contribution in [3.8, 4) is 0 Å². The van der Waals surface area contributed by atoms with Gasteiger partial charge in [0, 0.05) is 10.7 Å². The lowest BCUT2D eigenvalue weighted by Crippen LogP contribution is -2.17. The van der Waals surface area contributed by atoms with Gasteiger partial charge in [-0.15, -0.1) is 0 Å². The molecule has 0 aliphatic heterocycles. The maximum atomic E-state index is 13.6. The first-order valence-electron chi connectivity index (χ1n) is 5.26. The first kappa shape index (κ1) is 15.9. The largest absolute Gasteiger partial charge is 0.326 e. The topological polar surface area (TPSA) is 79.0 Å². The summed E-state index contributed by atoms with van der Waals surface area (Å²) in [5.41, 5.74) is -1.52. The van der Waals surface area contributed by atoms with Crippen LogP contribution in [0.1, 0.15) is 0 Å². The van der Waals surface area contributed by atoms with Crippen molar-refractivity contribution in [1.82, 2.24) is 4.98 Å². The fraction of sp³-hybridized carbons (Fsp3) is 0. The molecule has 10 heteroatoms. The highest BCUT2D eigenvalue weighted by molar-refractivity contribution is 9.10. The Morgan fingerprint density at radius 3 is 2.29 bits per heavy atom. The van der Waals surface area contributed by atoms with E-state index in [1.54, 1.807) is 4.72 Å². The molecule has 1 aromatic heterocycles. The summed E-state index contributed by atoms with van der Waals surface area (Å²) in [6, 6.07) is 2.68. The van der Waals surface area contributed by atoms with Crippen LogP contribution in [0.3, 0.4) is 0 Å². The molecule has 2 rings (SSSR count). The van der Waals surface area contributed by atoms with Crippen LogP contribution in [-0.4, -0.2) is 13.4 Å². The first-order valence-corrected chi connectivity index (χ1v) is 7.92. The van der Waals surface area contributed by atoms with Crippen LogP contribution < -0.4 is 10.3 Å². The Hall–Kier alpha value is -1.45. The van der Waals surface area contributed by atoms with Crippen LogP contribution in [-0.2, 0) is 10.0 Å². The van der Waals surface area contributed by atoms with E-state index in [0.29, 0.717) is 0 Å². The van der Waals surface area contributed by atoms with Gasteiger partial charge >= 0.3 is 0 Å². The van der Waals surface area contributed by atoms with Gasteiger partial charge in [-0.3, -0.25) is 9.52 Å². The summed E-state index contributed by atoms with van der Waals surface area (Å²) in [6.45, 7) is 0.